The second-order valence-electron chi connectivity index (χ2n) is 5.59. The standard InChI is InChI=1S/C18H16N2O2S/c21-17(16-6-3-9-22-16)20-18-19-15(11-23-18)14-8-7-12-4-1-2-5-13(12)10-14/h1-2,4-5,7-8,10-11,16H,3,6,9H2,(H,19,20,21)/t16-/m0/s1. The molecule has 0 saturated carbocycles. The molecule has 116 valence electrons. The normalized spacial score (nSPS) is 17.5. The van der Waals surface area contributed by atoms with Crippen molar-refractivity contribution in [2.75, 3.05) is 11.9 Å². The highest BCUT2D eigenvalue weighted by molar-refractivity contribution is 7.14. The number of rotatable bonds is 3. The maximum Gasteiger partial charge on any atom is 0.255 e. The van der Waals surface area contributed by atoms with E-state index in [1.54, 1.807) is 0 Å². The van der Waals surface area contributed by atoms with Gasteiger partial charge in [0.2, 0.25) is 0 Å². The van der Waals surface area contributed by atoms with Gasteiger partial charge >= 0.3 is 0 Å². The van der Waals surface area contributed by atoms with E-state index >= 15 is 0 Å². The third-order valence-corrected chi connectivity index (χ3v) is 4.76. The van der Waals surface area contributed by atoms with Crippen LogP contribution < -0.4 is 5.32 Å². The molecular weight excluding hydrogens is 308 g/mol. The molecule has 5 heteroatoms. The van der Waals surface area contributed by atoms with Crippen molar-refractivity contribution in [3.8, 4) is 11.3 Å². The van der Waals surface area contributed by atoms with Gasteiger partial charge in [0, 0.05) is 17.6 Å². The predicted molar refractivity (Wildman–Crippen MR) is 92.7 cm³/mol. The van der Waals surface area contributed by atoms with Crippen molar-refractivity contribution in [1.29, 1.82) is 0 Å². The molecule has 0 bridgehead atoms. The van der Waals surface area contributed by atoms with Crippen molar-refractivity contribution in [3.63, 3.8) is 0 Å². The first kappa shape index (κ1) is 14.4. The van der Waals surface area contributed by atoms with E-state index in [1.165, 1.54) is 22.1 Å². The quantitative estimate of drug-likeness (QED) is 0.790. The summed E-state index contributed by atoms with van der Waals surface area (Å²) in [6, 6.07) is 14.5. The molecule has 3 aromatic rings. The van der Waals surface area contributed by atoms with Crippen LogP contribution in [0.5, 0.6) is 0 Å². The van der Waals surface area contributed by atoms with Gasteiger partial charge in [0.1, 0.15) is 6.10 Å². The van der Waals surface area contributed by atoms with Gasteiger partial charge < -0.3 is 4.74 Å². The second kappa shape index (κ2) is 6.10. The minimum Gasteiger partial charge on any atom is -0.368 e. The summed E-state index contributed by atoms with van der Waals surface area (Å²) in [6.07, 6.45) is 1.40. The van der Waals surface area contributed by atoms with Crippen LogP contribution in [0.3, 0.4) is 0 Å². The van der Waals surface area contributed by atoms with Crippen LogP contribution in [0.4, 0.5) is 5.13 Å². The molecule has 23 heavy (non-hydrogen) atoms. The number of carbonyl (C=O) groups is 1. The van der Waals surface area contributed by atoms with E-state index in [-0.39, 0.29) is 12.0 Å². The van der Waals surface area contributed by atoms with Gasteiger partial charge in [0.25, 0.3) is 5.91 Å². The third kappa shape index (κ3) is 2.98. The molecule has 2 aromatic carbocycles. The monoisotopic (exact) mass is 324 g/mol. The molecule has 0 spiro atoms. The lowest BCUT2D eigenvalue weighted by Gasteiger charge is -2.07. The lowest BCUT2D eigenvalue weighted by Crippen LogP contribution is -2.26. The van der Waals surface area contributed by atoms with Gasteiger partial charge in [-0.2, -0.15) is 0 Å². The number of thiazole rings is 1. The first-order valence-electron chi connectivity index (χ1n) is 7.67. The molecule has 1 aliphatic heterocycles. The molecule has 1 aromatic heterocycles. The first-order chi connectivity index (χ1) is 11.3. The number of carbonyl (C=O) groups excluding carboxylic acids is 1. The summed E-state index contributed by atoms with van der Waals surface area (Å²) in [7, 11) is 0. The summed E-state index contributed by atoms with van der Waals surface area (Å²) in [5, 5.41) is 7.83. The first-order valence-corrected chi connectivity index (χ1v) is 8.55. The number of ether oxygens (including phenoxy) is 1. The van der Waals surface area contributed by atoms with E-state index < -0.39 is 0 Å². The van der Waals surface area contributed by atoms with Crippen LogP contribution in [-0.4, -0.2) is 23.6 Å². The fourth-order valence-electron chi connectivity index (χ4n) is 2.78. The Kier molecular flexibility index (Phi) is 3.81. The minimum absolute atomic E-state index is 0.0955. The van der Waals surface area contributed by atoms with Crippen molar-refractivity contribution in [2.45, 2.75) is 18.9 Å². The number of amides is 1. The van der Waals surface area contributed by atoms with Gasteiger partial charge in [0.05, 0.1) is 5.69 Å². The number of hydrogen-bond acceptors (Lipinski definition) is 4. The molecule has 1 fully saturated rings. The highest BCUT2D eigenvalue weighted by atomic mass is 32.1. The topological polar surface area (TPSA) is 51.2 Å². The van der Waals surface area contributed by atoms with Crippen molar-refractivity contribution in [3.05, 3.63) is 47.8 Å². The fraction of sp³-hybridized carbons (Fsp3) is 0.222. The second-order valence-corrected chi connectivity index (χ2v) is 6.45. The smallest absolute Gasteiger partial charge is 0.255 e. The van der Waals surface area contributed by atoms with Crippen LogP contribution in [0.15, 0.2) is 47.8 Å². The number of hydrogen-bond donors (Lipinski definition) is 1. The molecule has 0 aliphatic carbocycles. The number of nitrogens with one attached hydrogen (secondary N) is 1. The number of aromatic nitrogens is 1. The molecule has 0 unspecified atom stereocenters. The van der Waals surface area contributed by atoms with E-state index in [2.05, 4.69) is 40.6 Å². The van der Waals surface area contributed by atoms with Crippen LogP contribution in [0.1, 0.15) is 12.8 Å². The highest BCUT2D eigenvalue weighted by Crippen LogP contribution is 2.28. The van der Waals surface area contributed by atoms with E-state index in [9.17, 15) is 4.79 Å². The molecule has 1 atom stereocenters. The van der Waals surface area contributed by atoms with Gasteiger partial charge in [-0.25, -0.2) is 4.98 Å². The molecule has 1 N–H and O–H groups in total. The maximum absolute atomic E-state index is 12.1. The number of anilines is 1. The Labute approximate surface area is 138 Å². The lowest BCUT2D eigenvalue weighted by atomic mass is 10.1. The average Bonchev–Trinajstić information content (AvgIpc) is 3.26. The van der Waals surface area contributed by atoms with Crippen LogP contribution in [0.2, 0.25) is 0 Å². The van der Waals surface area contributed by atoms with Gasteiger partial charge in [-0.1, -0.05) is 36.4 Å². The van der Waals surface area contributed by atoms with Crippen LogP contribution in [0, 0.1) is 0 Å². The summed E-state index contributed by atoms with van der Waals surface area (Å²) in [5.41, 5.74) is 1.93. The molecule has 4 rings (SSSR count). The molecule has 1 amide bonds. The number of benzene rings is 2. The van der Waals surface area contributed by atoms with Gasteiger partial charge in [-0.05, 0) is 29.7 Å². The molecule has 0 radical (unpaired) electrons. The zero-order chi connectivity index (χ0) is 15.6. The lowest BCUT2D eigenvalue weighted by molar-refractivity contribution is -0.124. The van der Waals surface area contributed by atoms with E-state index in [0.717, 1.165) is 24.1 Å². The van der Waals surface area contributed by atoms with E-state index in [4.69, 9.17) is 4.74 Å². The maximum atomic E-state index is 12.1. The minimum atomic E-state index is -0.331. The Balaban J connectivity index is 1.55. The SMILES string of the molecule is O=C(Nc1nc(-c2ccc3ccccc3c2)cs1)[C@@H]1CCCO1. The summed E-state index contributed by atoms with van der Waals surface area (Å²) in [5.74, 6) is -0.0955. The summed E-state index contributed by atoms with van der Waals surface area (Å²) < 4.78 is 5.39. The molecular formula is C18H16N2O2S. The molecule has 2 heterocycles. The number of nitrogens with zero attached hydrogens (tertiary/aromatic N) is 1. The summed E-state index contributed by atoms with van der Waals surface area (Å²) in [4.78, 5) is 16.6. The molecule has 4 nitrogen and oxygen atoms in total. The number of fused-ring (bicyclic) bond motifs is 1. The van der Waals surface area contributed by atoms with Crippen molar-refractivity contribution in [1.82, 2.24) is 4.98 Å². The van der Waals surface area contributed by atoms with Crippen molar-refractivity contribution in [2.24, 2.45) is 0 Å². The zero-order valence-electron chi connectivity index (χ0n) is 12.5. The van der Waals surface area contributed by atoms with Crippen molar-refractivity contribution >= 4 is 33.1 Å². The average molecular weight is 324 g/mol. The summed E-state index contributed by atoms with van der Waals surface area (Å²) in [6.45, 7) is 0.665. The van der Waals surface area contributed by atoms with E-state index in [0.29, 0.717) is 11.7 Å². The Morgan fingerprint density at radius 3 is 2.91 bits per heavy atom. The predicted octanol–water partition coefficient (Wildman–Crippen LogP) is 4.08. The van der Waals surface area contributed by atoms with Gasteiger partial charge in [0.15, 0.2) is 5.13 Å². The molecule has 1 aliphatic rings. The Hall–Kier alpha value is -2.24. The zero-order valence-corrected chi connectivity index (χ0v) is 13.3. The van der Waals surface area contributed by atoms with Crippen molar-refractivity contribution < 1.29 is 9.53 Å². The highest BCUT2D eigenvalue weighted by Gasteiger charge is 2.24. The van der Waals surface area contributed by atoms with Gasteiger partial charge in [-0.15, -0.1) is 11.3 Å². The van der Waals surface area contributed by atoms with Crippen LogP contribution in [0.25, 0.3) is 22.0 Å². The van der Waals surface area contributed by atoms with E-state index in [1.807, 2.05) is 17.5 Å². The largest absolute Gasteiger partial charge is 0.368 e. The Bertz CT molecular complexity index is 853. The Morgan fingerprint density at radius 2 is 2.09 bits per heavy atom. The van der Waals surface area contributed by atoms with Gasteiger partial charge in [-0.3, -0.25) is 10.1 Å². The Morgan fingerprint density at radius 1 is 1.22 bits per heavy atom. The molecule has 1 saturated heterocycles. The third-order valence-electron chi connectivity index (χ3n) is 4.00. The fourth-order valence-corrected chi connectivity index (χ4v) is 3.51. The van der Waals surface area contributed by atoms with Crippen LogP contribution in [-0.2, 0) is 9.53 Å². The summed E-state index contributed by atoms with van der Waals surface area (Å²) >= 11 is 1.44. The van der Waals surface area contributed by atoms with Crippen LogP contribution >= 0.6 is 11.3 Å².